The van der Waals surface area contributed by atoms with E-state index in [1.807, 2.05) is 0 Å². The Hall–Kier alpha value is -1.60. The lowest BCUT2D eigenvalue weighted by Gasteiger charge is -2.25. The topological polar surface area (TPSA) is 3.24 Å². The van der Waals surface area contributed by atoms with Crippen molar-refractivity contribution in [3.8, 4) is 0 Å². The van der Waals surface area contributed by atoms with Crippen molar-refractivity contribution in [3.63, 3.8) is 0 Å². The molecule has 2 aromatic rings. The summed E-state index contributed by atoms with van der Waals surface area (Å²) in [6.07, 6.45) is 6.52. The minimum Gasteiger partial charge on any atom is -0.300 e. The highest BCUT2D eigenvalue weighted by Gasteiger charge is 2.08. The largest absolute Gasteiger partial charge is 0.300 e. The summed E-state index contributed by atoms with van der Waals surface area (Å²) in [5.41, 5.74) is 2.74. The number of hydrogen-bond donors (Lipinski definition) is 0. The number of rotatable bonds is 3. The molecule has 0 saturated carbocycles. The number of hydrogen-bond acceptors (Lipinski definition) is 1. The average molecular weight is 265 g/mol. The Morgan fingerprint density at radius 2 is 1.75 bits per heavy atom. The Morgan fingerprint density at radius 3 is 2.55 bits per heavy atom. The molecule has 0 unspecified atom stereocenters. The van der Waals surface area contributed by atoms with E-state index in [4.69, 9.17) is 0 Å². The van der Waals surface area contributed by atoms with Gasteiger partial charge in [-0.15, -0.1) is 0 Å². The molecule has 0 amide bonds. The van der Waals surface area contributed by atoms with Gasteiger partial charge in [-0.3, -0.25) is 4.90 Å². The molecule has 2 aromatic carbocycles. The maximum Gasteiger partial charge on any atom is 0.0169 e. The fourth-order valence-electron chi connectivity index (χ4n) is 2.96. The number of benzene rings is 2. The zero-order valence-corrected chi connectivity index (χ0v) is 12.3. The van der Waals surface area contributed by atoms with Crippen molar-refractivity contribution in [3.05, 3.63) is 54.1 Å². The monoisotopic (exact) mass is 265 g/mol. The number of fused-ring (bicyclic) bond motifs is 1. The molecule has 0 atom stereocenters. The zero-order chi connectivity index (χ0) is 13.8. The average Bonchev–Trinajstić information content (AvgIpc) is 2.53. The minimum atomic E-state index is 1.10. The van der Waals surface area contributed by atoms with Crippen LogP contribution in [0.4, 0.5) is 0 Å². The molecule has 1 saturated heterocycles. The predicted octanol–water partition coefficient (Wildman–Crippen LogP) is 4.73. The summed E-state index contributed by atoms with van der Waals surface area (Å²) in [4.78, 5) is 2.56. The van der Waals surface area contributed by atoms with Crippen molar-refractivity contribution in [2.24, 2.45) is 0 Å². The van der Waals surface area contributed by atoms with Gasteiger partial charge in [0.25, 0.3) is 0 Å². The van der Waals surface area contributed by atoms with Crippen molar-refractivity contribution < 1.29 is 0 Å². The van der Waals surface area contributed by atoms with Crippen LogP contribution in [0.3, 0.4) is 0 Å². The third-order valence-corrected chi connectivity index (χ3v) is 4.31. The number of piperidine rings is 1. The van der Waals surface area contributed by atoms with Gasteiger partial charge in [0.2, 0.25) is 0 Å². The standard InChI is InChI=1S/C19H23N/c1-16(11-14-20-12-5-2-6-13-20)18-10-9-17-7-3-4-8-19(17)15-18/h3-4,7-11,15H,2,5-6,12-14H2,1H3/b16-11+. The quantitative estimate of drug-likeness (QED) is 0.775. The molecule has 1 heteroatoms. The molecule has 0 bridgehead atoms. The maximum absolute atomic E-state index is 2.56. The van der Waals surface area contributed by atoms with E-state index in [9.17, 15) is 0 Å². The van der Waals surface area contributed by atoms with Gasteiger partial charge in [-0.2, -0.15) is 0 Å². The smallest absolute Gasteiger partial charge is 0.0169 e. The molecule has 20 heavy (non-hydrogen) atoms. The maximum atomic E-state index is 2.56. The molecule has 3 rings (SSSR count). The first kappa shape index (κ1) is 13.4. The molecular formula is C19H23N. The van der Waals surface area contributed by atoms with Crippen molar-refractivity contribution in [2.75, 3.05) is 19.6 Å². The van der Waals surface area contributed by atoms with Crippen LogP contribution in [-0.4, -0.2) is 24.5 Å². The van der Waals surface area contributed by atoms with Gasteiger partial charge in [0.1, 0.15) is 0 Å². The minimum absolute atomic E-state index is 1.10. The third-order valence-electron chi connectivity index (χ3n) is 4.31. The van der Waals surface area contributed by atoms with Crippen LogP contribution in [0.25, 0.3) is 16.3 Å². The third kappa shape index (κ3) is 3.10. The van der Waals surface area contributed by atoms with Crippen molar-refractivity contribution in [1.29, 1.82) is 0 Å². The van der Waals surface area contributed by atoms with Crippen LogP contribution < -0.4 is 0 Å². The van der Waals surface area contributed by atoms with Gasteiger partial charge in [-0.05, 0) is 60.8 Å². The lowest BCUT2D eigenvalue weighted by molar-refractivity contribution is 0.251. The Bertz CT molecular complexity index is 606. The van der Waals surface area contributed by atoms with E-state index in [-0.39, 0.29) is 0 Å². The molecule has 1 nitrogen and oxygen atoms in total. The molecule has 0 spiro atoms. The van der Waals surface area contributed by atoms with Crippen LogP contribution in [0.15, 0.2) is 48.5 Å². The van der Waals surface area contributed by atoms with Crippen LogP contribution >= 0.6 is 0 Å². The van der Waals surface area contributed by atoms with Crippen LogP contribution in [-0.2, 0) is 0 Å². The summed E-state index contributed by atoms with van der Waals surface area (Å²) >= 11 is 0. The molecule has 0 radical (unpaired) electrons. The summed E-state index contributed by atoms with van der Waals surface area (Å²) in [6, 6.07) is 15.3. The van der Waals surface area contributed by atoms with E-state index in [0.717, 1.165) is 6.54 Å². The van der Waals surface area contributed by atoms with Crippen LogP contribution in [0.1, 0.15) is 31.7 Å². The van der Waals surface area contributed by atoms with E-state index in [0.29, 0.717) is 0 Å². The molecule has 0 aromatic heterocycles. The first-order valence-corrected chi connectivity index (χ1v) is 7.71. The summed E-state index contributed by atoms with van der Waals surface area (Å²) in [6.45, 7) is 5.86. The van der Waals surface area contributed by atoms with E-state index in [1.54, 1.807) is 0 Å². The highest BCUT2D eigenvalue weighted by Crippen LogP contribution is 2.21. The van der Waals surface area contributed by atoms with Crippen LogP contribution in [0, 0.1) is 0 Å². The van der Waals surface area contributed by atoms with Gasteiger partial charge in [0, 0.05) is 6.54 Å². The van der Waals surface area contributed by atoms with Gasteiger partial charge < -0.3 is 0 Å². The molecule has 1 aliphatic heterocycles. The molecular weight excluding hydrogens is 242 g/mol. The lowest BCUT2D eigenvalue weighted by Crippen LogP contribution is -2.29. The summed E-state index contributed by atoms with van der Waals surface area (Å²) in [5, 5.41) is 2.65. The van der Waals surface area contributed by atoms with E-state index >= 15 is 0 Å². The van der Waals surface area contributed by atoms with Crippen LogP contribution in [0.2, 0.25) is 0 Å². The van der Waals surface area contributed by atoms with Gasteiger partial charge in [-0.25, -0.2) is 0 Å². The Balaban J connectivity index is 1.75. The summed E-state index contributed by atoms with van der Waals surface area (Å²) in [5.74, 6) is 0. The number of likely N-dealkylation sites (tertiary alicyclic amines) is 1. The van der Waals surface area contributed by atoms with Crippen molar-refractivity contribution in [1.82, 2.24) is 4.90 Å². The predicted molar refractivity (Wildman–Crippen MR) is 87.9 cm³/mol. The highest BCUT2D eigenvalue weighted by molar-refractivity contribution is 5.86. The van der Waals surface area contributed by atoms with Gasteiger partial charge in [0.15, 0.2) is 0 Å². The van der Waals surface area contributed by atoms with Gasteiger partial charge in [0.05, 0.1) is 0 Å². The van der Waals surface area contributed by atoms with Gasteiger partial charge >= 0.3 is 0 Å². The number of nitrogens with zero attached hydrogens (tertiary/aromatic N) is 1. The summed E-state index contributed by atoms with van der Waals surface area (Å²) < 4.78 is 0. The number of allylic oxidation sites excluding steroid dienone is 1. The highest BCUT2D eigenvalue weighted by atomic mass is 15.1. The SMILES string of the molecule is C/C(=C\CN1CCCCC1)c1ccc2ccccc2c1. The summed E-state index contributed by atoms with van der Waals surface area (Å²) in [7, 11) is 0. The van der Waals surface area contributed by atoms with E-state index < -0.39 is 0 Å². The van der Waals surface area contributed by atoms with E-state index in [1.165, 1.54) is 54.3 Å². The first-order valence-electron chi connectivity index (χ1n) is 7.71. The molecule has 1 heterocycles. The molecule has 1 aliphatic rings. The second-order valence-corrected chi connectivity index (χ2v) is 5.81. The second-order valence-electron chi connectivity index (χ2n) is 5.81. The second kappa shape index (κ2) is 6.23. The Kier molecular flexibility index (Phi) is 4.17. The fraction of sp³-hybridized carbons (Fsp3) is 0.368. The molecule has 0 N–H and O–H groups in total. The van der Waals surface area contributed by atoms with Gasteiger partial charge in [-0.1, -0.05) is 48.9 Å². The first-order chi connectivity index (χ1) is 9.83. The van der Waals surface area contributed by atoms with Crippen molar-refractivity contribution >= 4 is 16.3 Å². The van der Waals surface area contributed by atoms with Crippen molar-refractivity contribution in [2.45, 2.75) is 26.2 Å². The van der Waals surface area contributed by atoms with E-state index in [2.05, 4.69) is 60.4 Å². The fourth-order valence-corrected chi connectivity index (χ4v) is 2.96. The molecule has 0 aliphatic carbocycles. The molecule has 1 fully saturated rings. The van der Waals surface area contributed by atoms with Crippen LogP contribution in [0.5, 0.6) is 0 Å². The molecule has 104 valence electrons. The lowest BCUT2D eigenvalue weighted by atomic mass is 10.0. The Labute approximate surface area is 121 Å². The Morgan fingerprint density at radius 1 is 1.00 bits per heavy atom. The normalized spacial score (nSPS) is 17.6. The zero-order valence-electron chi connectivity index (χ0n) is 12.3.